The van der Waals surface area contributed by atoms with Gasteiger partial charge in [-0.05, 0) is 30.0 Å². The van der Waals surface area contributed by atoms with Crippen molar-refractivity contribution in [1.29, 1.82) is 0 Å². The molecule has 0 fully saturated rings. The van der Waals surface area contributed by atoms with Crippen LogP contribution in [0, 0.1) is 5.41 Å². The van der Waals surface area contributed by atoms with Crippen molar-refractivity contribution in [2.45, 2.75) is 39.8 Å². The van der Waals surface area contributed by atoms with Crippen molar-refractivity contribution in [3.63, 3.8) is 0 Å². The average Bonchev–Trinajstić information content (AvgIpc) is 2.49. The quantitative estimate of drug-likeness (QED) is 0.645. The van der Waals surface area contributed by atoms with Gasteiger partial charge in [0.2, 0.25) is 0 Å². The lowest BCUT2D eigenvalue weighted by atomic mass is 9.82. The summed E-state index contributed by atoms with van der Waals surface area (Å²) in [6.45, 7) is 12.2. The second kappa shape index (κ2) is 7.45. The number of hydrogen-bond acceptors (Lipinski definition) is 4. The number of hydrogen-bond donors (Lipinski definition) is 1. The lowest BCUT2D eigenvalue weighted by Crippen LogP contribution is -2.44. The van der Waals surface area contributed by atoms with Crippen molar-refractivity contribution in [2.24, 2.45) is 5.41 Å². The van der Waals surface area contributed by atoms with Gasteiger partial charge in [-0.3, -0.25) is 0 Å². The third-order valence-corrected chi connectivity index (χ3v) is 3.69. The number of carbonyl (C=O) groups excluding carboxylic acids is 1. The Bertz CT molecular complexity index is 514. The minimum absolute atomic E-state index is 0.0662. The minimum Gasteiger partial charge on any atom is -0.497 e. The molecule has 0 spiro atoms. The van der Waals surface area contributed by atoms with Crippen LogP contribution in [0.3, 0.4) is 0 Å². The SMILES string of the molecule is C=C(C(=O)OC)[C@H](N[C@H](C)c1ccc(OC)cc1)C(C)(C)C. The summed E-state index contributed by atoms with van der Waals surface area (Å²) >= 11 is 0. The lowest BCUT2D eigenvalue weighted by molar-refractivity contribution is -0.136. The molecule has 0 amide bonds. The molecule has 1 N–H and O–H groups in total. The molecule has 122 valence electrons. The molecule has 4 nitrogen and oxygen atoms in total. The fraction of sp³-hybridized carbons (Fsp3) is 0.500. The van der Waals surface area contributed by atoms with Crippen LogP contribution < -0.4 is 10.1 Å². The minimum atomic E-state index is -0.380. The van der Waals surface area contributed by atoms with Gasteiger partial charge in [0.25, 0.3) is 0 Å². The van der Waals surface area contributed by atoms with E-state index in [1.807, 2.05) is 24.3 Å². The molecule has 0 aromatic heterocycles. The van der Waals surface area contributed by atoms with E-state index in [2.05, 4.69) is 39.6 Å². The van der Waals surface area contributed by atoms with Gasteiger partial charge in [0.1, 0.15) is 5.75 Å². The van der Waals surface area contributed by atoms with Gasteiger partial charge in [-0.2, -0.15) is 0 Å². The first-order chi connectivity index (χ1) is 10.2. The third-order valence-electron chi connectivity index (χ3n) is 3.69. The summed E-state index contributed by atoms with van der Waals surface area (Å²) < 4.78 is 9.98. The standard InChI is InChI=1S/C18H27NO3/c1-12(17(20)22-7)16(18(3,4)5)19-13(2)14-8-10-15(21-6)11-9-14/h8-11,13,16,19H,1H2,2-7H3/t13-,16+/m1/s1. The Morgan fingerprint density at radius 1 is 1.18 bits per heavy atom. The molecule has 0 unspecified atom stereocenters. The fourth-order valence-electron chi connectivity index (χ4n) is 2.36. The van der Waals surface area contributed by atoms with Crippen LogP contribution in [0.15, 0.2) is 36.4 Å². The van der Waals surface area contributed by atoms with Gasteiger partial charge in [-0.1, -0.05) is 39.5 Å². The average molecular weight is 305 g/mol. The molecular formula is C18H27NO3. The Labute approximate surface area is 133 Å². The summed E-state index contributed by atoms with van der Waals surface area (Å²) in [6.07, 6.45) is 0. The zero-order valence-corrected chi connectivity index (χ0v) is 14.4. The molecule has 0 saturated heterocycles. The van der Waals surface area contributed by atoms with E-state index in [1.54, 1.807) is 7.11 Å². The van der Waals surface area contributed by atoms with E-state index in [1.165, 1.54) is 7.11 Å². The summed E-state index contributed by atoms with van der Waals surface area (Å²) in [5.41, 5.74) is 1.40. The summed E-state index contributed by atoms with van der Waals surface area (Å²) in [5, 5.41) is 3.48. The van der Waals surface area contributed by atoms with Crippen LogP contribution in [0.4, 0.5) is 0 Å². The molecule has 22 heavy (non-hydrogen) atoms. The highest BCUT2D eigenvalue weighted by molar-refractivity contribution is 5.89. The maximum Gasteiger partial charge on any atom is 0.334 e. The first-order valence-corrected chi connectivity index (χ1v) is 7.37. The third kappa shape index (κ3) is 4.60. The number of methoxy groups -OCH3 is 2. The van der Waals surface area contributed by atoms with Crippen LogP contribution in [0.5, 0.6) is 5.75 Å². The van der Waals surface area contributed by atoms with Crippen LogP contribution in [-0.2, 0) is 9.53 Å². The molecule has 0 saturated carbocycles. The number of benzene rings is 1. The molecule has 0 aliphatic heterocycles. The van der Waals surface area contributed by atoms with Crippen LogP contribution in [0.1, 0.15) is 39.3 Å². The van der Waals surface area contributed by atoms with Gasteiger partial charge in [0, 0.05) is 17.7 Å². The molecule has 1 aromatic rings. The molecule has 1 rings (SSSR count). The zero-order valence-electron chi connectivity index (χ0n) is 14.4. The van der Waals surface area contributed by atoms with E-state index in [-0.39, 0.29) is 23.5 Å². The van der Waals surface area contributed by atoms with Gasteiger partial charge in [0.05, 0.1) is 14.2 Å². The molecule has 0 radical (unpaired) electrons. The summed E-state index contributed by atoms with van der Waals surface area (Å²) in [5.74, 6) is 0.441. The summed E-state index contributed by atoms with van der Waals surface area (Å²) in [7, 11) is 3.02. The number of ether oxygens (including phenoxy) is 2. The molecule has 1 aromatic carbocycles. The Morgan fingerprint density at radius 3 is 2.14 bits per heavy atom. The van der Waals surface area contributed by atoms with E-state index < -0.39 is 0 Å². The molecular weight excluding hydrogens is 278 g/mol. The second-order valence-corrected chi connectivity index (χ2v) is 6.48. The van der Waals surface area contributed by atoms with Gasteiger partial charge < -0.3 is 14.8 Å². The number of carbonyl (C=O) groups is 1. The van der Waals surface area contributed by atoms with Gasteiger partial charge >= 0.3 is 5.97 Å². The number of esters is 1. The Hall–Kier alpha value is -1.81. The van der Waals surface area contributed by atoms with Crippen molar-refractivity contribution in [3.8, 4) is 5.75 Å². The summed E-state index contributed by atoms with van der Waals surface area (Å²) in [6, 6.07) is 7.76. The van der Waals surface area contributed by atoms with E-state index in [0.717, 1.165) is 11.3 Å². The van der Waals surface area contributed by atoms with E-state index in [9.17, 15) is 4.79 Å². The highest BCUT2D eigenvalue weighted by Crippen LogP contribution is 2.28. The highest BCUT2D eigenvalue weighted by Gasteiger charge is 2.32. The molecule has 0 aliphatic rings. The molecule has 0 heterocycles. The Kier molecular flexibility index (Phi) is 6.18. The largest absolute Gasteiger partial charge is 0.497 e. The predicted octanol–water partition coefficient (Wildman–Crippen LogP) is 3.49. The Balaban J connectivity index is 2.93. The first-order valence-electron chi connectivity index (χ1n) is 7.37. The van der Waals surface area contributed by atoms with Crippen molar-refractivity contribution in [2.75, 3.05) is 14.2 Å². The monoisotopic (exact) mass is 305 g/mol. The van der Waals surface area contributed by atoms with Crippen molar-refractivity contribution in [1.82, 2.24) is 5.32 Å². The second-order valence-electron chi connectivity index (χ2n) is 6.48. The number of rotatable bonds is 6. The Morgan fingerprint density at radius 2 is 1.73 bits per heavy atom. The van der Waals surface area contributed by atoms with E-state index in [0.29, 0.717) is 5.57 Å². The van der Waals surface area contributed by atoms with E-state index >= 15 is 0 Å². The maximum atomic E-state index is 11.8. The molecule has 0 aliphatic carbocycles. The fourth-order valence-corrected chi connectivity index (χ4v) is 2.36. The van der Waals surface area contributed by atoms with Crippen LogP contribution in [0.25, 0.3) is 0 Å². The van der Waals surface area contributed by atoms with Crippen LogP contribution in [-0.4, -0.2) is 26.2 Å². The van der Waals surface area contributed by atoms with E-state index in [4.69, 9.17) is 9.47 Å². The van der Waals surface area contributed by atoms with Crippen molar-refractivity contribution < 1.29 is 14.3 Å². The normalized spacial score (nSPS) is 14.1. The summed E-state index contributed by atoms with van der Waals surface area (Å²) in [4.78, 5) is 11.8. The highest BCUT2D eigenvalue weighted by atomic mass is 16.5. The van der Waals surface area contributed by atoms with Gasteiger partial charge in [-0.15, -0.1) is 0 Å². The first kappa shape index (κ1) is 18.2. The van der Waals surface area contributed by atoms with Crippen molar-refractivity contribution >= 4 is 5.97 Å². The van der Waals surface area contributed by atoms with Crippen molar-refractivity contribution in [3.05, 3.63) is 42.0 Å². The maximum absolute atomic E-state index is 11.8. The topological polar surface area (TPSA) is 47.6 Å². The molecule has 2 atom stereocenters. The van der Waals surface area contributed by atoms with Gasteiger partial charge in [-0.25, -0.2) is 4.79 Å². The van der Waals surface area contributed by atoms with Gasteiger partial charge in [0.15, 0.2) is 0 Å². The smallest absolute Gasteiger partial charge is 0.334 e. The zero-order chi connectivity index (χ0) is 16.9. The molecule has 4 heteroatoms. The predicted molar refractivity (Wildman–Crippen MR) is 88.9 cm³/mol. The lowest BCUT2D eigenvalue weighted by Gasteiger charge is -2.34. The van der Waals surface area contributed by atoms with Crippen LogP contribution in [0.2, 0.25) is 0 Å². The number of nitrogens with one attached hydrogen (secondary N) is 1. The molecule has 0 bridgehead atoms. The van der Waals surface area contributed by atoms with Crippen LogP contribution >= 0.6 is 0 Å².